The lowest BCUT2D eigenvalue weighted by Crippen LogP contribution is -2.48. The van der Waals surface area contributed by atoms with Crippen LogP contribution in [0.25, 0.3) is 0 Å². The van der Waals surface area contributed by atoms with Crippen LogP contribution in [0, 0.1) is 0 Å². The average Bonchev–Trinajstić information content (AvgIpc) is 2.75. The third-order valence-corrected chi connectivity index (χ3v) is 4.95. The predicted molar refractivity (Wildman–Crippen MR) is 110 cm³/mol. The number of rotatable bonds is 4. The van der Waals surface area contributed by atoms with Gasteiger partial charge >= 0.3 is 0 Å². The normalized spacial score (nSPS) is 14.0. The molecule has 3 aromatic rings. The molecule has 0 N–H and O–H groups in total. The maximum atomic E-state index is 12.9. The summed E-state index contributed by atoms with van der Waals surface area (Å²) in [5.41, 5.74) is 1.75. The number of nitrogens with zero attached hydrogens (tertiary/aromatic N) is 3. The largest absolute Gasteiger partial charge is 0.439 e. The molecule has 28 heavy (non-hydrogen) atoms. The van der Waals surface area contributed by atoms with Crippen LogP contribution in [0.3, 0.4) is 0 Å². The quantitative estimate of drug-likeness (QED) is 0.655. The van der Waals surface area contributed by atoms with Gasteiger partial charge in [-0.1, -0.05) is 23.7 Å². The maximum absolute atomic E-state index is 12.9. The third kappa shape index (κ3) is 4.26. The van der Waals surface area contributed by atoms with Crippen LogP contribution in [0.2, 0.25) is 5.02 Å². The van der Waals surface area contributed by atoms with E-state index in [-0.39, 0.29) is 5.91 Å². The van der Waals surface area contributed by atoms with Gasteiger partial charge in [-0.05, 0) is 48.5 Å². The second-order valence-corrected chi connectivity index (χ2v) is 6.99. The van der Waals surface area contributed by atoms with Crippen molar-refractivity contribution in [2.45, 2.75) is 0 Å². The van der Waals surface area contributed by atoms with Crippen molar-refractivity contribution >= 4 is 23.2 Å². The molecule has 1 aromatic heterocycles. The SMILES string of the molecule is O=C(c1cccc(Oc2ccccn2)c1)N1CCN(c2ccc(Cl)cc2)CC1. The van der Waals surface area contributed by atoms with Crippen LogP contribution >= 0.6 is 11.6 Å². The van der Waals surface area contributed by atoms with Gasteiger partial charge in [0.25, 0.3) is 5.91 Å². The zero-order valence-electron chi connectivity index (χ0n) is 15.3. The second-order valence-electron chi connectivity index (χ2n) is 6.55. The highest BCUT2D eigenvalue weighted by atomic mass is 35.5. The van der Waals surface area contributed by atoms with Crippen LogP contribution in [-0.2, 0) is 0 Å². The second kappa shape index (κ2) is 8.31. The minimum absolute atomic E-state index is 0.0160. The summed E-state index contributed by atoms with van der Waals surface area (Å²) >= 11 is 5.96. The first kappa shape index (κ1) is 18.3. The number of aromatic nitrogens is 1. The molecule has 2 aromatic carbocycles. The Hall–Kier alpha value is -3.05. The highest BCUT2D eigenvalue weighted by Crippen LogP contribution is 2.23. The smallest absolute Gasteiger partial charge is 0.254 e. The van der Waals surface area contributed by atoms with Gasteiger partial charge < -0.3 is 14.5 Å². The van der Waals surface area contributed by atoms with Crippen LogP contribution in [0.15, 0.2) is 72.9 Å². The average molecular weight is 394 g/mol. The number of hydrogen-bond acceptors (Lipinski definition) is 4. The van der Waals surface area contributed by atoms with E-state index in [9.17, 15) is 4.79 Å². The van der Waals surface area contributed by atoms with E-state index in [4.69, 9.17) is 16.3 Å². The lowest BCUT2D eigenvalue weighted by atomic mass is 10.1. The fraction of sp³-hybridized carbons (Fsp3) is 0.182. The summed E-state index contributed by atoms with van der Waals surface area (Å²) in [4.78, 5) is 21.2. The molecule has 1 fully saturated rings. The fourth-order valence-corrected chi connectivity index (χ4v) is 3.35. The lowest BCUT2D eigenvalue weighted by Gasteiger charge is -2.36. The molecule has 0 saturated carbocycles. The molecule has 142 valence electrons. The Morgan fingerprint density at radius 2 is 1.71 bits per heavy atom. The highest BCUT2D eigenvalue weighted by Gasteiger charge is 2.22. The number of hydrogen-bond donors (Lipinski definition) is 0. The lowest BCUT2D eigenvalue weighted by molar-refractivity contribution is 0.0746. The number of piperazine rings is 1. The third-order valence-electron chi connectivity index (χ3n) is 4.70. The summed E-state index contributed by atoms with van der Waals surface area (Å²) in [6, 6.07) is 20.5. The fourth-order valence-electron chi connectivity index (χ4n) is 3.22. The Morgan fingerprint density at radius 1 is 0.929 bits per heavy atom. The zero-order valence-corrected chi connectivity index (χ0v) is 16.0. The van der Waals surface area contributed by atoms with Crippen molar-refractivity contribution in [1.82, 2.24) is 9.88 Å². The van der Waals surface area contributed by atoms with Crippen LogP contribution < -0.4 is 9.64 Å². The Kier molecular flexibility index (Phi) is 5.44. The summed E-state index contributed by atoms with van der Waals surface area (Å²) < 4.78 is 5.74. The van der Waals surface area contributed by atoms with E-state index in [1.165, 1.54) is 0 Å². The zero-order chi connectivity index (χ0) is 19.3. The molecule has 0 unspecified atom stereocenters. The molecule has 1 saturated heterocycles. The molecule has 1 aliphatic heterocycles. The van der Waals surface area contributed by atoms with E-state index in [0.29, 0.717) is 30.3 Å². The number of amides is 1. The van der Waals surface area contributed by atoms with Gasteiger partial charge in [-0.25, -0.2) is 4.98 Å². The van der Waals surface area contributed by atoms with E-state index < -0.39 is 0 Å². The number of benzene rings is 2. The van der Waals surface area contributed by atoms with Crippen molar-refractivity contribution in [3.8, 4) is 11.6 Å². The van der Waals surface area contributed by atoms with Crippen molar-refractivity contribution in [1.29, 1.82) is 0 Å². The van der Waals surface area contributed by atoms with E-state index in [2.05, 4.69) is 9.88 Å². The summed E-state index contributed by atoms with van der Waals surface area (Å²) in [5.74, 6) is 1.12. The molecular weight excluding hydrogens is 374 g/mol. The number of halogens is 1. The van der Waals surface area contributed by atoms with E-state index >= 15 is 0 Å². The Balaban J connectivity index is 1.40. The van der Waals surface area contributed by atoms with Gasteiger partial charge in [-0.3, -0.25) is 4.79 Å². The van der Waals surface area contributed by atoms with Gasteiger partial charge in [0.1, 0.15) is 5.75 Å². The maximum Gasteiger partial charge on any atom is 0.254 e. The standard InChI is InChI=1S/C22H20ClN3O2/c23-18-7-9-19(10-8-18)25-12-14-26(15-13-25)22(27)17-4-3-5-20(16-17)28-21-6-1-2-11-24-21/h1-11,16H,12-15H2. The number of carbonyl (C=O) groups excluding carboxylic acids is 1. The molecule has 4 rings (SSSR count). The van der Waals surface area contributed by atoms with Gasteiger partial charge in [0.15, 0.2) is 0 Å². The molecule has 0 aliphatic carbocycles. The molecule has 0 atom stereocenters. The van der Waals surface area contributed by atoms with E-state index in [1.54, 1.807) is 18.3 Å². The number of pyridine rings is 1. The molecule has 1 amide bonds. The van der Waals surface area contributed by atoms with Crippen LogP contribution in [0.4, 0.5) is 5.69 Å². The minimum Gasteiger partial charge on any atom is -0.439 e. The van der Waals surface area contributed by atoms with Gasteiger partial charge in [0, 0.05) is 54.7 Å². The molecule has 0 bridgehead atoms. The monoisotopic (exact) mass is 393 g/mol. The molecule has 1 aliphatic rings. The molecule has 0 spiro atoms. The van der Waals surface area contributed by atoms with Crippen LogP contribution in [0.5, 0.6) is 11.6 Å². The predicted octanol–water partition coefficient (Wildman–Crippen LogP) is 4.49. The van der Waals surface area contributed by atoms with Gasteiger partial charge in [-0.2, -0.15) is 0 Å². The Morgan fingerprint density at radius 3 is 2.43 bits per heavy atom. The van der Waals surface area contributed by atoms with Crippen LogP contribution in [0.1, 0.15) is 10.4 Å². The molecular formula is C22H20ClN3O2. The van der Waals surface area contributed by atoms with Crippen molar-refractivity contribution in [3.63, 3.8) is 0 Å². The summed E-state index contributed by atoms with van der Waals surface area (Å²) in [6.45, 7) is 2.93. The summed E-state index contributed by atoms with van der Waals surface area (Å²) in [6.07, 6.45) is 1.67. The Labute approximate surface area is 169 Å². The number of ether oxygens (including phenoxy) is 1. The first-order valence-corrected chi connectivity index (χ1v) is 9.55. The van der Waals surface area contributed by atoms with Crippen molar-refractivity contribution in [2.24, 2.45) is 0 Å². The van der Waals surface area contributed by atoms with E-state index in [1.807, 2.05) is 59.5 Å². The van der Waals surface area contributed by atoms with Crippen molar-refractivity contribution in [2.75, 3.05) is 31.1 Å². The van der Waals surface area contributed by atoms with Crippen molar-refractivity contribution in [3.05, 3.63) is 83.5 Å². The molecule has 6 heteroatoms. The van der Waals surface area contributed by atoms with Crippen molar-refractivity contribution < 1.29 is 9.53 Å². The van der Waals surface area contributed by atoms with E-state index in [0.717, 1.165) is 23.8 Å². The molecule has 2 heterocycles. The number of carbonyl (C=O) groups is 1. The summed E-state index contributed by atoms with van der Waals surface area (Å²) in [5, 5.41) is 0.727. The van der Waals surface area contributed by atoms with Gasteiger partial charge in [-0.15, -0.1) is 0 Å². The summed E-state index contributed by atoms with van der Waals surface area (Å²) in [7, 11) is 0. The number of anilines is 1. The van der Waals surface area contributed by atoms with Crippen LogP contribution in [-0.4, -0.2) is 42.0 Å². The van der Waals surface area contributed by atoms with Gasteiger partial charge in [0.2, 0.25) is 5.88 Å². The topological polar surface area (TPSA) is 45.7 Å². The first-order chi connectivity index (χ1) is 13.7. The first-order valence-electron chi connectivity index (χ1n) is 9.18. The highest BCUT2D eigenvalue weighted by molar-refractivity contribution is 6.30. The minimum atomic E-state index is 0.0160. The van der Waals surface area contributed by atoms with Gasteiger partial charge in [0.05, 0.1) is 0 Å². The molecule has 0 radical (unpaired) electrons. The Bertz CT molecular complexity index is 940. The molecule has 5 nitrogen and oxygen atoms in total.